The van der Waals surface area contributed by atoms with Crippen LogP contribution < -0.4 is 0 Å². The molecule has 0 saturated carbocycles. The molecule has 4 nitrogen and oxygen atoms in total. The van der Waals surface area contributed by atoms with Crippen molar-refractivity contribution in [3.63, 3.8) is 0 Å². The van der Waals surface area contributed by atoms with Crippen molar-refractivity contribution in [1.82, 2.24) is 14.4 Å². The van der Waals surface area contributed by atoms with Crippen molar-refractivity contribution < 1.29 is 4.79 Å². The lowest BCUT2D eigenvalue weighted by Gasteiger charge is -2.20. The van der Waals surface area contributed by atoms with Crippen molar-refractivity contribution in [3.8, 4) is 11.3 Å². The van der Waals surface area contributed by atoms with E-state index in [0.29, 0.717) is 6.04 Å². The van der Waals surface area contributed by atoms with E-state index < -0.39 is 0 Å². The molecule has 1 unspecified atom stereocenters. The largest absolute Gasteiger partial charge is 0.337 e. The van der Waals surface area contributed by atoms with Crippen molar-refractivity contribution in [2.24, 2.45) is 0 Å². The van der Waals surface area contributed by atoms with Crippen molar-refractivity contribution in [2.75, 3.05) is 27.2 Å². The van der Waals surface area contributed by atoms with Gasteiger partial charge in [0.25, 0.3) is 5.91 Å². The van der Waals surface area contributed by atoms with Crippen molar-refractivity contribution in [1.29, 1.82) is 0 Å². The number of carbonyl (C=O) groups is 1. The summed E-state index contributed by atoms with van der Waals surface area (Å²) in [7, 11) is 4.17. The Morgan fingerprint density at radius 2 is 1.66 bits per heavy atom. The van der Waals surface area contributed by atoms with Gasteiger partial charge in [-0.3, -0.25) is 4.79 Å². The Kier molecular flexibility index (Phi) is 5.54. The zero-order valence-electron chi connectivity index (χ0n) is 18.7. The molecule has 0 bridgehead atoms. The van der Waals surface area contributed by atoms with E-state index in [1.165, 1.54) is 27.7 Å². The van der Waals surface area contributed by atoms with Gasteiger partial charge in [-0.2, -0.15) is 0 Å². The van der Waals surface area contributed by atoms with E-state index in [-0.39, 0.29) is 5.91 Å². The molecule has 3 aromatic carbocycles. The zero-order chi connectivity index (χ0) is 22.1. The molecule has 1 atom stereocenters. The van der Waals surface area contributed by atoms with Gasteiger partial charge in [-0.25, -0.2) is 0 Å². The maximum atomic E-state index is 13.0. The third kappa shape index (κ3) is 3.94. The second-order valence-corrected chi connectivity index (χ2v) is 8.89. The molecule has 1 aliphatic heterocycles. The standard InChI is InChI=1S/C28H29N3O/c1-29(2)25-16-17-30(20-25)28(32)23-14-12-21(13-15-23)19-31-26-11-7-6-10-24(26)18-27(31)22-8-4-3-5-9-22/h3-15,18,25H,16-17,19-20H2,1-2H3. The molecule has 1 amide bonds. The zero-order valence-corrected chi connectivity index (χ0v) is 18.7. The van der Waals surface area contributed by atoms with E-state index >= 15 is 0 Å². The summed E-state index contributed by atoms with van der Waals surface area (Å²) in [5, 5.41) is 1.24. The average molecular weight is 424 g/mol. The van der Waals surface area contributed by atoms with Crippen LogP contribution in [0.25, 0.3) is 22.2 Å². The SMILES string of the molecule is CN(C)C1CCN(C(=O)c2ccc(Cn3c(-c4ccccc4)cc4ccccc43)cc2)C1. The molecule has 1 fully saturated rings. The quantitative estimate of drug-likeness (QED) is 0.445. The Balaban J connectivity index is 1.40. The van der Waals surface area contributed by atoms with Gasteiger partial charge in [0.05, 0.1) is 0 Å². The molecule has 32 heavy (non-hydrogen) atoms. The summed E-state index contributed by atoms with van der Waals surface area (Å²) in [5.74, 6) is 0.136. The summed E-state index contributed by atoms with van der Waals surface area (Å²) in [4.78, 5) is 17.1. The van der Waals surface area contributed by atoms with Gasteiger partial charge in [0.15, 0.2) is 0 Å². The number of hydrogen-bond donors (Lipinski definition) is 0. The maximum Gasteiger partial charge on any atom is 0.253 e. The highest BCUT2D eigenvalue weighted by atomic mass is 16.2. The molecule has 1 aromatic heterocycles. The fourth-order valence-corrected chi connectivity index (χ4v) is 4.69. The van der Waals surface area contributed by atoms with E-state index in [9.17, 15) is 4.79 Å². The Labute approximate surface area is 189 Å². The monoisotopic (exact) mass is 423 g/mol. The van der Waals surface area contributed by atoms with Gasteiger partial charge in [-0.05, 0) is 55.9 Å². The van der Waals surface area contributed by atoms with Crippen LogP contribution >= 0.6 is 0 Å². The number of likely N-dealkylation sites (tertiary alicyclic amines) is 1. The first-order valence-electron chi connectivity index (χ1n) is 11.3. The van der Waals surface area contributed by atoms with Crippen LogP contribution in [-0.4, -0.2) is 53.5 Å². The molecule has 2 heterocycles. The summed E-state index contributed by atoms with van der Waals surface area (Å²) < 4.78 is 2.36. The predicted octanol–water partition coefficient (Wildman–Crippen LogP) is 5.13. The van der Waals surface area contributed by atoms with Crippen LogP contribution in [0.4, 0.5) is 0 Å². The second kappa shape index (κ2) is 8.64. The molecule has 0 spiro atoms. The Hall–Kier alpha value is -3.37. The van der Waals surface area contributed by atoms with Gasteiger partial charge in [0, 0.05) is 47.8 Å². The number of benzene rings is 3. The van der Waals surface area contributed by atoms with Gasteiger partial charge in [0.2, 0.25) is 0 Å². The topological polar surface area (TPSA) is 28.5 Å². The van der Waals surface area contributed by atoms with Crippen LogP contribution in [0.15, 0.2) is 84.9 Å². The van der Waals surface area contributed by atoms with Gasteiger partial charge in [0.1, 0.15) is 0 Å². The van der Waals surface area contributed by atoms with Crippen LogP contribution in [0, 0.1) is 0 Å². The molecular formula is C28H29N3O. The van der Waals surface area contributed by atoms with Gasteiger partial charge in [-0.15, -0.1) is 0 Å². The Morgan fingerprint density at radius 3 is 2.38 bits per heavy atom. The lowest BCUT2D eigenvalue weighted by atomic mass is 10.1. The lowest BCUT2D eigenvalue weighted by Crippen LogP contribution is -2.34. The number of amides is 1. The number of carbonyl (C=O) groups excluding carboxylic acids is 1. The third-order valence-corrected chi connectivity index (χ3v) is 6.60. The molecule has 4 aromatic rings. The maximum absolute atomic E-state index is 13.0. The van der Waals surface area contributed by atoms with Crippen molar-refractivity contribution in [2.45, 2.75) is 19.0 Å². The number of para-hydroxylation sites is 1. The number of hydrogen-bond acceptors (Lipinski definition) is 2. The molecule has 0 N–H and O–H groups in total. The fraction of sp³-hybridized carbons (Fsp3) is 0.250. The smallest absolute Gasteiger partial charge is 0.253 e. The van der Waals surface area contributed by atoms with E-state index in [1.807, 2.05) is 23.1 Å². The first-order valence-corrected chi connectivity index (χ1v) is 11.3. The van der Waals surface area contributed by atoms with Crippen LogP contribution in [0.5, 0.6) is 0 Å². The number of fused-ring (bicyclic) bond motifs is 1. The van der Waals surface area contributed by atoms with E-state index in [4.69, 9.17) is 0 Å². The molecule has 162 valence electrons. The summed E-state index contributed by atoms with van der Waals surface area (Å²) in [6, 6.07) is 29.9. The average Bonchev–Trinajstić information content (AvgIpc) is 3.46. The molecule has 0 radical (unpaired) electrons. The highest BCUT2D eigenvalue weighted by Crippen LogP contribution is 2.29. The molecule has 4 heteroatoms. The van der Waals surface area contributed by atoms with Crippen LogP contribution in [-0.2, 0) is 6.54 Å². The van der Waals surface area contributed by atoms with E-state index in [1.54, 1.807) is 0 Å². The Morgan fingerprint density at radius 1 is 0.938 bits per heavy atom. The highest BCUT2D eigenvalue weighted by molar-refractivity contribution is 5.94. The van der Waals surface area contributed by atoms with Gasteiger partial charge < -0.3 is 14.4 Å². The van der Waals surface area contributed by atoms with Crippen LogP contribution in [0.1, 0.15) is 22.3 Å². The van der Waals surface area contributed by atoms with Crippen LogP contribution in [0.2, 0.25) is 0 Å². The summed E-state index contributed by atoms with van der Waals surface area (Å²) in [5.41, 5.74) is 5.60. The summed E-state index contributed by atoms with van der Waals surface area (Å²) in [6.45, 7) is 2.40. The van der Waals surface area contributed by atoms with E-state index in [2.05, 4.69) is 90.3 Å². The molecule has 1 aliphatic rings. The first kappa shape index (κ1) is 20.5. The summed E-state index contributed by atoms with van der Waals surface area (Å²) >= 11 is 0. The number of nitrogens with zero attached hydrogens (tertiary/aromatic N) is 3. The Bertz CT molecular complexity index is 1220. The molecular weight excluding hydrogens is 394 g/mol. The molecule has 0 aliphatic carbocycles. The van der Waals surface area contributed by atoms with Crippen LogP contribution in [0.3, 0.4) is 0 Å². The third-order valence-electron chi connectivity index (χ3n) is 6.60. The highest BCUT2D eigenvalue weighted by Gasteiger charge is 2.28. The first-order chi connectivity index (χ1) is 15.6. The minimum atomic E-state index is 0.136. The summed E-state index contributed by atoms with van der Waals surface area (Å²) in [6.07, 6.45) is 1.04. The second-order valence-electron chi connectivity index (χ2n) is 8.89. The van der Waals surface area contributed by atoms with E-state index in [0.717, 1.165) is 31.6 Å². The molecule has 1 saturated heterocycles. The minimum absolute atomic E-state index is 0.136. The van der Waals surface area contributed by atoms with Gasteiger partial charge >= 0.3 is 0 Å². The number of rotatable bonds is 5. The van der Waals surface area contributed by atoms with Crippen molar-refractivity contribution >= 4 is 16.8 Å². The fourth-order valence-electron chi connectivity index (χ4n) is 4.69. The van der Waals surface area contributed by atoms with Crippen molar-refractivity contribution in [3.05, 3.63) is 96.1 Å². The normalized spacial score (nSPS) is 16.2. The molecule has 5 rings (SSSR count). The number of aromatic nitrogens is 1. The predicted molar refractivity (Wildman–Crippen MR) is 131 cm³/mol. The lowest BCUT2D eigenvalue weighted by molar-refractivity contribution is 0.0783. The number of likely N-dealkylation sites (N-methyl/N-ethyl adjacent to an activating group) is 1. The minimum Gasteiger partial charge on any atom is -0.337 e. The van der Waals surface area contributed by atoms with Gasteiger partial charge in [-0.1, -0.05) is 60.7 Å².